The van der Waals surface area contributed by atoms with Crippen molar-refractivity contribution in [1.29, 1.82) is 0 Å². The normalized spacial score (nSPS) is 11.5. The predicted molar refractivity (Wildman–Crippen MR) is 76.0 cm³/mol. The average Bonchev–Trinajstić information content (AvgIpc) is 2.68. The second-order valence-corrected chi connectivity index (χ2v) is 4.80. The van der Waals surface area contributed by atoms with Gasteiger partial charge in [0.25, 0.3) is 0 Å². The van der Waals surface area contributed by atoms with E-state index in [0.717, 1.165) is 6.42 Å². The Morgan fingerprint density at radius 2 is 1.83 bits per heavy atom. The maximum Gasteiger partial charge on any atom is 0.0521 e. The van der Waals surface area contributed by atoms with Gasteiger partial charge >= 0.3 is 0 Å². The fourth-order valence-corrected chi connectivity index (χ4v) is 2.90. The largest absolute Gasteiger partial charge is 0.396 e. The molecule has 0 bridgehead atoms. The first kappa shape index (κ1) is 11.3. The topological polar surface area (TPSA) is 25.2 Å². The van der Waals surface area contributed by atoms with Gasteiger partial charge in [0.15, 0.2) is 0 Å². The van der Waals surface area contributed by atoms with Gasteiger partial charge in [0, 0.05) is 29.9 Å². The van der Waals surface area contributed by atoms with Crippen LogP contribution in [0.2, 0.25) is 0 Å². The number of nitrogens with zero attached hydrogens (tertiary/aromatic N) is 1. The molecule has 0 saturated carbocycles. The van der Waals surface area contributed by atoms with E-state index in [-0.39, 0.29) is 6.61 Å². The summed E-state index contributed by atoms with van der Waals surface area (Å²) in [5.41, 5.74) is 5.05. The number of aliphatic hydroxyl groups excluding tert-OH is 1. The van der Waals surface area contributed by atoms with Gasteiger partial charge in [0.05, 0.1) is 5.52 Å². The molecule has 0 aliphatic rings. The van der Waals surface area contributed by atoms with Crippen molar-refractivity contribution >= 4 is 21.8 Å². The highest BCUT2D eigenvalue weighted by atomic mass is 16.2. The van der Waals surface area contributed by atoms with Crippen molar-refractivity contribution in [2.24, 2.45) is 7.05 Å². The molecule has 0 amide bonds. The molecule has 3 aromatic rings. The Morgan fingerprint density at radius 1 is 1.06 bits per heavy atom. The van der Waals surface area contributed by atoms with Crippen molar-refractivity contribution in [2.75, 3.05) is 6.61 Å². The van der Waals surface area contributed by atoms with E-state index in [9.17, 15) is 0 Å². The number of benzene rings is 2. The molecule has 2 nitrogen and oxygen atoms in total. The van der Waals surface area contributed by atoms with Crippen LogP contribution < -0.4 is 0 Å². The Labute approximate surface area is 106 Å². The molecule has 92 valence electrons. The van der Waals surface area contributed by atoms with Crippen LogP contribution in [0.4, 0.5) is 0 Å². The number of hydrogen-bond acceptors (Lipinski definition) is 1. The van der Waals surface area contributed by atoms with E-state index in [0.29, 0.717) is 0 Å². The van der Waals surface area contributed by atoms with Gasteiger partial charge in [-0.3, -0.25) is 0 Å². The third-order valence-corrected chi connectivity index (χ3v) is 3.82. The predicted octanol–water partition coefficient (Wildman–Crippen LogP) is 3.17. The van der Waals surface area contributed by atoms with E-state index >= 15 is 0 Å². The molecule has 0 aliphatic carbocycles. The Kier molecular flexibility index (Phi) is 2.60. The fourth-order valence-electron chi connectivity index (χ4n) is 2.90. The van der Waals surface area contributed by atoms with Gasteiger partial charge in [-0.25, -0.2) is 0 Å². The molecule has 1 heterocycles. The zero-order chi connectivity index (χ0) is 12.7. The molecule has 0 fully saturated rings. The Balaban J connectivity index is 2.44. The van der Waals surface area contributed by atoms with E-state index in [2.05, 4.69) is 54.9 Å². The highest BCUT2D eigenvalue weighted by Crippen LogP contribution is 2.31. The van der Waals surface area contributed by atoms with E-state index in [1.807, 2.05) is 0 Å². The summed E-state index contributed by atoms with van der Waals surface area (Å²) in [6, 6.07) is 12.8. The van der Waals surface area contributed by atoms with Gasteiger partial charge < -0.3 is 9.67 Å². The number of hydrogen-bond donors (Lipinski definition) is 1. The lowest BCUT2D eigenvalue weighted by Crippen LogP contribution is -1.97. The van der Waals surface area contributed by atoms with Crippen LogP contribution in [0.3, 0.4) is 0 Å². The summed E-state index contributed by atoms with van der Waals surface area (Å²) in [5.74, 6) is 0. The molecule has 0 saturated heterocycles. The first-order valence-corrected chi connectivity index (χ1v) is 6.30. The lowest BCUT2D eigenvalue weighted by molar-refractivity contribution is 0.299. The van der Waals surface area contributed by atoms with Crippen molar-refractivity contribution < 1.29 is 5.11 Å². The average molecular weight is 239 g/mol. The first-order valence-electron chi connectivity index (χ1n) is 6.30. The van der Waals surface area contributed by atoms with Gasteiger partial charge in [-0.15, -0.1) is 0 Å². The number of para-hydroxylation sites is 1. The molecule has 18 heavy (non-hydrogen) atoms. The summed E-state index contributed by atoms with van der Waals surface area (Å²) in [4.78, 5) is 0. The van der Waals surface area contributed by atoms with Gasteiger partial charge in [-0.05, 0) is 30.5 Å². The van der Waals surface area contributed by atoms with Gasteiger partial charge in [-0.1, -0.05) is 30.3 Å². The van der Waals surface area contributed by atoms with Crippen LogP contribution in [-0.2, 0) is 13.5 Å². The second-order valence-electron chi connectivity index (χ2n) is 4.80. The third-order valence-electron chi connectivity index (χ3n) is 3.82. The molecule has 0 spiro atoms. The van der Waals surface area contributed by atoms with Gasteiger partial charge in [0.1, 0.15) is 0 Å². The SMILES string of the molecule is Cc1c(CCO)ccc2c3ccccc3n(C)c12. The van der Waals surface area contributed by atoms with Crippen LogP contribution in [-0.4, -0.2) is 16.3 Å². The second kappa shape index (κ2) is 4.14. The summed E-state index contributed by atoms with van der Waals surface area (Å²) < 4.78 is 2.25. The number of rotatable bonds is 2. The van der Waals surface area contributed by atoms with Crippen molar-refractivity contribution in [1.82, 2.24) is 4.57 Å². The minimum atomic E-state index is 0.205. The summed E-state index contributed by atoms with van der Waals surface area (Å²) in [6.45, 7) is 2.35. The molecule has 2 aromatic carbocycles. The van der Waals surface area contributed by atoms with Crippen molar-refractivity contribution in [3.8, 4) is 0 Å². The van der Waals surface area contributed by atoms with Crippen molar-refractivity contribution in [2.45, 2.75) is 13.3 Å². The van der Waals surface area contributed by atoms with Crippen LogP contribution in [0.25, 0.3) is 21.8 Å². The number of aromatic nitrogens is 1. The minimum absolute atomic E-state index is 0.205. The number of aryl methyl sites for hydroxylation is 2. The smallest absolute Gasteiger partial charge is 0.0521 e. The molecule has 0 atom stereocenters. The molecule has 0 radical (unpaired) electrons. The molecular weight excluding hydrogens is 222 g/mol. The fraction of sp³-hybridized carbons (Fsp3) is 0.250. The maximum absolute atomic E-state index is 9.12. The minimum Gasteiger partial charge on any atom is -0.396 e. The summed E-state index contributed by atoms with van der Waals surface area (Å²) in [7, 11) is 2.11. The van der Waals surface area contributed by atoms with Crippen LogP contribution in [0.5, 0.6) is 0 Å². The molecule has 1 N–H and O–H groups in total. The van der Waals surface area contributed by atoms with E-state index in [1.54, 1.807) is 0 Å². The molecule has 0 aliphatic heterocycles. The summed E-state index contributed by atoms with van der Waals surface area (Å²) >= 11 is 0. The number of aliphatic hydroxyl groups is 1. The first-order chi connectivity index (χ1) is 8.74. The quantitative estimate of drug-likeness (QED) is 0.730. The maximum atomic E-state index is 9.12. The van der Waals surface area contributed by atoms with E-state index in [4.69, 9.17) is 5.11 Å². The highest BCUT2D eigenvalue weighted by molar-refractivity contribution is 6.09. The lowest BCUT2D eigenvalue weighted by atomic mass is 10.0. The molecule has 3 rings (SSSR count). The van der Waals surface area contributed by atoms with Crippen LogP contribution in [0.15, 0.2) is 36.4 Å². The molecule has 1 aromatic heterocycles. The zero-order valence-electron chi connectivity index (χ0n) is 10.8. The summed E-state index contributed by atoms with van der Waals surface area (Å²) in [5, 5.41) is 11.7. The number of fused-ring (bicyclic) bond motifs is 3. The van der Waals surface area contributed by atoms with Gasteiger partial charge in [0.2, 0.25) is 0 Å². The van der Waals surface area contributed by atoms with Crippen LogP contribution in [0, 0.1) is 6.92 Å². The lowest BCUT2D eigenvalue weighted by Gasteiger charge is -2.07. The van der Waals surface area contributed by atoms with Crippen LogP contribution >= 0.6 is 0 Å². The Hall–Kier alpha value is -1.80. The molecular formula is C16H17NO. The summed E-state index contributed by atoms with van der Waals surface area (Å²) in [6.07, 6.45) is 0.725. The van der Waals surface area contributed by atoms with E-state index < -0.39 is 0 Å². The Bertz CT molecular complexity index is 725. The van der Waals surface area contributed by atoms with Crippen molar-refractivity contribution in [3.63, 3.8) is 0 Å². The zero-order valence-corrected chi connectivity index (χ0v) is 10.8. The third kappa shape index (κ3) is 1.46. The molecule has 0 unspecified atom stereocenters. The van der Waals surface area contributed by atoms with Crippen molar-refractivity contribution in [3.05, 3.63) is 47.5 Å². The standard InChI is InChI=1S/C16H17NO/c1-11-12(9-10-18)7-8-14-13-5-3-4-6-15(13)17(2)16(11)14/h3-8,18H,9-10H2,1-2H3. The monoisotopic (exact) mass is 239 g/mol. The van der Waals surface area contributed by atoms with E-state index in [1.165, 1.54) is 32.9 Å². The van der Waals surface area contributed by atoms with Gasteiger partial charge in [-0.2, -0.15) is 0 Å². The highest BCUT2D eigenvalue weighted by Gasteiger charge is 2.11. The Morgan fingerprint density at radius 3 is 2.61 bits per heavy atom. The molecule has 2 heteroatoms. The van der Waals surface area contributed by atoms with Crippen LogP contribution in [0.1, 0.15) is 11.1 Å².